The topological polar surface area (TPSA) is 15.6 Å². The predicted octanol–water partition coefficient (Wildman–Crippen LogP) is 3.91. The van der Waals surface area contributed by atoms with E-state index < -0.39 is 0 Å². The summed E-state index contributed by atoms with van der Waals surface area (Å²) in [6, 6.07) is 6.46. The summed E-state index contributed by atoms with van der Waals surface area (Å²) in [6.07, 6.45) is 5.40. The van der Waals surface area contributed by atoms with Crippen molar-refractivity contribution in [2.45, 2.75) is 18.2 Å². The maximum Gasteiger partial charge on any atom is 0.0773 e. The van der Waals surface area contributed by atoms with Crippen molar-refractivity contribution in [2.75, 3.05) is 14.1 Å². The smallest absolute Gasteiger partial charge is 0.0773 e. The zero-order valence-electron chi connectivity index (χ0n) is 10.9. The van der Waals surface area contributed by atoms with E-state index in [1.165, 1.54) is 26.8 Å². The van der Waals surface area contributed by atoms with E-state index in [0.29, 0.717) is 0 Å². The minimum atomic E-state index is 0.930. The van der Waals surface area contributed by atoms with Gasteiger partial charge in [0.15, 0.2) is 0 Å². The summed E-state index contributed by atoms with van der Waals surface area (Å²) in [4.78, 5) is 9.48. The molecule has 1 aromatic carbocycles. The van der Waals surface area contributed by atoms with Gasteiger partial charge in [0, 0.05) is 36.0 Å². The molecule has 0 bridgehead atoms. The lowest BCUT2D eigenvalue weighted by molar-refractivity contribution is 0.527. The number of thioether (sulfide) groups is 1. The van der Waals surface area contributed by atoms with E-state index in [-0.39, 0.29) is 0 Å². The fraction of sp³-hybridized carbons (Fsp3) is 0.267. The first-order chi connectivity index (χ1) is 8.63. The first-order valence-corrected chi connectivity index (χ1v) is 6.91. The number of benzene rings is 1. The van der Waals surface area contributed by atoms with Gasteiger partial charge in [-0.2, -0.15) is 0 Å². The normalized spacial score (nSPS) is 17.2. The molecule has 2 aliphatic rings. The molecule has 0 aromatic heterocycles. The highest BCUT2D eigenvalue weighted by Crippen LogP contribution is 2.42. The van der Waals surface area contributed by atoms with Gasteiger partial charge in [-0.1, -0.05) is 23.9 Å². The third-order valence-corrected chi connectivity index (χ3v) is 4.30. The van der Waals surface area contributed by atoms with E-state index >= 15 is 0 Å². The van der Waals surface area contributed by atoms with Gasteiger partial charge < -0.3 is 4.90 Å². The second-order valence-corrected chi connectivity index (χ2v) is 5.95. The van der Waals surface area contributed by atoms with Gasteiger partial charge in [0.2, 0.25) is 0 Å². The van der Waals surface area contributed by atoms with Crippen LogP contribution in [0.15, 0.2) is 50.8 Å². The van der Waals surface area contributed by atoms with Crippen LogP contribution < -0.4 is 0 Å². The summed E-state index contributed by atoms with van der Waals surface area (Å²) in [5, 5.41) is 0. The highest BCUT2D eigenvalue weighted by atomic mass is 32.2. The number of nitrogens with zero attached hydrogens (tertiary/aromatic N) is 2. The Labute approximate surface area is 112 Å². The quantitative estimate of drug-likeness (QED) is 0.757. The van der Waals surface area contributed by atoms with Crippen molar-refractivity contribution >= 4 is 23.2 Å². The first kappa shape index (κ1) is 11.6. The van der Waals surface area contributed by atoms with Crippen molar-refractivity contribution in [1.82, 2.24) is 4.90 Å². The van der Waals surface area contributed by atoms with Crippen LogP contribution in [0.25, 0.3) is 0 Å². The molecule has 0 fully saturated rings. The Balaban J connectivity index is 2.02. The summed E-state index contributed by atoms with van der Waals surface area (Å²) in [6.45, 7) is 2.13. The molecule has 18 heavy (non-hydrogen) atoms. The lowest BCUT2D eigenvalue weighted by Crippen LogP contribution is -2.15. The van der Waals surface area contributed by atoms with Gasteiger partial charge >= 0.3 is 0 Å². The molecule has 0 saturated heterocycles. The number of fused-ring (bicyclic) bond motifs is 2. The Morgan fingerprint density at radius 1 is 1.28 bits per heavy atom. The van der Waals surface area contributed by atoms with Crippen molar-refractivity contribution in [3.8, 4) is 0 Å². The Morgan fingerprint density at radius 2 is 2.11 bits per heavy atom. The molecule has 1 aliphatic carbocycles. The zero-order chi connectivity index (χ0) is 12.7. The van der Waals surface area contributed by atoms with E-state index in [9.17, 15) is 0 Å². The number of aryl methyl sites for hydroxylation is 1. The minimum Gasteiger partial charge on any atom is -0.378 e. The van der Waals surface area contributed by atoms with Gasteiger partial charge in [-0.3, -0.25) is 4.99 Å². The van der Waals surface area contributed by atoms with Crippen LogP contribution in [-0.2, 0) is 0 Å². The van der Waals surface area contributed by atoms with Crippen LogP contribution in [0, 0.1) is 6.92 Å². The molecule has 0 atom stereocenters. The average molecular weight is 256 g/mol. The van der Waals surface area contributed by atoms with E-state index in [2.05, 4.69) is 56.3 Å². The van der Waals surface area contributed by atoms with Crippen LogP contribution in [0.3, 0.4) is 0 Å². The summed E-state index contributed by atoms with van der Waals surface area (Å²) >= 11 is 1.84. The van der Waals surface area contributed by atoms with Gasteiger partial charge in [-0.05, 0) is 30.7 Å². The summed E-state index contributed by atoms with van der Waals surface area (Å²) in [7, 11) is 4.16. The van der Waals surface area contributed by atoms with E-state index in [1.54, 1.807) is 0 Å². The van der Waals surface area contributed by atoms with Gasteiger partial charge in [0.25, 0.3) is 0 Å². The lowest BCUT2D eigenvalue weighted by atomic mass is 10.1. The van der Waals surface area contributed by atoms with Gasteiger partial charge in [-0.15, -0.1) is 0 Å². The van der Waals surface area contributed by atoms with Crippen LogP contribution in [0.2, 0.25) is 0 Å². The molecule has 0 spiro atoms. The first-order valence-electron chi connectivity index (χ1n) is 6.09. The Hall–Kier alpha value is -1.48. The molecule has 0 N–H and O–H groups in total. The molecule has 2 nitrogen and oxygen atoms in total. The van der Waals surface area contributed by atoms with Crippen LogP contribution in [0.5, 0.6) is 0 Å². The predicted molar refractivity (Wildman–Crippen MR) is 78.6 cm³/mol. The van der Waals surface area contributed by atoms with Gasteiger partial charge in [0.05, 0.1) is 11.4 Å². The van der Waals surface area contributed by atoms with Crippen molar-refractivity contribution in [3.05, 3.63) is 46.5 Å². The molecule has 92 valence electrons. The molecule has 0 amide bonds. The van der Waals surface area contributed by atoms with Crippen LogP contribution in [0.4, 0.5) is 5.69 Å². The maximum atomic E-state index is 4.77. The second kappa shape index (κ2) is 4.32. The molecule has 3 rings (SSSR count). The van der Waals surface area contributed by atoms with E-state index in [0.717, 1.165) is 12.1 Å². The fourth-order valence-corrected chi connectivity index (χ4v) is 3.26. The standard InChI is InChI=1S/C15H16N2S/c1-10-4-6-12-14(8-10)18-15-9-11(17(2)3)5-7-13(15)16-12/h4-6,8-9H,7H2,1-3H3. The Bertz CT molecular complexity index is 595. The number of hydrogen-bond donors (Lipinski definition) is 0. The van der Waals surface area contributed by atoms with Crippen LogP contribution in [0.1, 0.15) is 12.0 Å². The third-order valence-electron chi connectivity index (χ3n) is 3.17. The molecule has 0 saturated carbocycles. The highest BCUT2D eigenvalue weighted by molar-refractivity contribution is 8.04. The summed E-state index contributed by atoms with van der Waals surface area (Å²) in [5.74, 6) is 0. The van der Waals surface area contributed by atoms with Crippen molar-refractivity contribution in [2.24, 2.45) is 4.99 Å². The summed E-state index contributed by atoms with van der Waals surface area (Å²) in [5.41, 5.74) is 4.87. The zero-order valence-corrected chi connectivity index (χ0v) is 11.7. The molecular weight excluding hydrogens is 240 g/mol. The minimum absolute atomic E-state index is 0.930. The number of rotatable bonds is 1. The van der Waals surface area contributed by atoms with Crippen molar-refractivity contribution in [3.63, 3.8) is 0 Å². The number of hydrogen-bond acceptors (Lipinski definition) is 3. The van der Waals surface area contributed by atoms with Crippen LogP contribution >= 0.6 is 11.8 Å². The monoisotopic (exact) mass is 256 g/mol. The van der Waals surface area contributed by atoms with E-state index in [4.69, 9.17) is 4.99 Å². The Morgan fingerprint density at radius 3 is 2.89 bits per heavy atom. The fourth-order valence-electron chi connectivity index (χ4n) is 2.14. The second-order valence-electron chi connectivity index (χ2n) is 4.87. The molecular formula is C15H16N2S. The molecule has 0 radical (unpaired) electrons. The number of likely N-dealkylation sites (N-methyl/N-ethyl adjacent to an activating group) is 1. The molecule has 3 heteroatoms. The maximum absolute atomic E-state index is 4.77. The van der Waals surface area contributed by atoms with Crippen LogP contribution in [-0.4, -0.2) is 24.7 Å². The Kier molecular flexibility index (Phi) is 2.78. The molecule has 1 heterocycles. The largest absolute Gasteiger partial charge is 0.378 e. The molecule has 1 aliphatic heterocycles. The van der Waals surface area contributed by atoms with Gasteiger partial charge in [0.1, 0.15) is 0 Å². The van der Waals surface area contributed by atoms with Crippen molar-refractivity contribution < 1.29 is 0 Å². The highest BCUT2D eigenvalue weighted by Gasteiger charge is 2.20. The lowest BCUT2D eigenvalue weighted by Gasteiger charge is -2.24. The third kappa shape index (κ3) is 1.99. The SMILES string of the molecule is Cc1ccc2c(c1)SC1=CC(N(C)C)=CCC1=N2. The number of aliphatic imine (C=N–C) groups is 1. The average Bonchev–Trinajstić information content (AvgIpc) is 2.35. The number of allylic oxidation sites excluding steroid dienone is 3. The molecule has 1 aromatic rings. The van der Waals surface area contributed by atoms with Crippen molar-refractivity contribution in [1.29, 1.82) is 0 Å². The van der Waals surface area contributed by atoms with E-state index in [1.807, 2.05) is 11.8 Å². The summed E-state index contributed by atoms with van der Waals surface area (Å²) < 4.78 is 0. The molecule has 0 unspecified atom stereocenters. The van der Waals surface area contributed by atoms with Gasteiger partial charge in [-0.25, -0.2) is 0 Å².